The first-order chi connectivity index (χ1) is 11.5. The van der Waals surface area contributed by atoms with Gasteiger partial charge in [-0.25, -0.2) is 4.79 Å². The van der Waals surface area contributed by atoms with E-state index in [1.54, 1.807) is 29.7 Å². The first kappa shape index (κ1) is 16.8. The van der Waals surface area contributed by atoms with Crippen LogP contribution in [0.25, 0.3) is 0 Å². The van der Waals surface area contributed by atoms with Crippen LogP contribution in [0.3, 0.4) is 0 Å². The number of nitrogens with zero attached hydrogens (tertiary/aromatic N) is 1. The summed E-state index contributed by atoms with van der Waals surface area (Å²) in [5, 5.41) is 11.8. The highest BCUT2D eigenvalue weighted by atomic mass is 32.2. The molecule has 2 heterocycles. The molecule has 0 bridgehead atoms. The van der Waals surface area contributed by atoms with Gasteiger partial charge in [-0.2, -0.15) is 0 Å². The van der Waals surface area contributed by atoms with Crippen LogP contribution in [0.2, 0.25) is 0 Å². The molecule has 2 aliphatic rings. The number of hydrogen-bond acceptors (Lipinski definition) is 4. The lowest BCUT2D eigenvalue weighted by molar-refractivity contribution is -0.143. The van der Waals surface area contributed by atoms with E-state index >= 15 is 0 Å². The molecular weight excluding hydrogens is 328 g/mol. The van der Waals surface area contributed by atoms with Crippen LogP contribution >= 0.6 is 11.8 Å². The molecule has 2 aliphatic heterocycles. The van der Waals surface area contributed by atoms with E-state index in [0.29, 0.717) is 17.7 Å². The second-order valence-corrected chi connectivity index (χ2v) is 7.32. The average molecular weight is 348 g/mol. The zero-order valence-electron chi connectivity index (χ0n) is 13.6. The van der Waals surface area contributed by atoms with Crippen molar-refractivity contribution in [2.24, 2.45) is 5.92 Å². The molecule has 0 spiro atoms. The van der Waals surface area contributed by atoms with Gasteiger partial charge in [0, 0.05) is 11.3 Å². The Morgan fingerprint density at radius 1 is 1.42 bits per heavy atom. The quantitative estimate of drug-likeness (QED) is 0.848. The van der Waals surface area contributed by atoms with E-state index in [9.17, 15) is 19.5 Å². The summed E-state index contributed by atoms with van der Waals surface area (Å²) in [6.45, 7) is 3.68. The molecule has 1 aromatic carbocycles. The fourth-order valence-electron chi connectivity index (χ4n) is 3.17. The highest BCUT2D eigenvalue weighted by Crippen LogP contribution is 2.48. The van der Waals surface area contributed by atoms with Gasteiger partial charge in [-0.05, 0) is 17.5 Å². The van der Waals surface area contributed by atoms with Crippen LogP contribution in [-0.2, 0) is 9.59 Å². The van der Waals surface area contributed by atoms with Crippen molar-refractivity contribution in [2.75, 3.05) is 5.75 Å². The number of benzene rings is 1. The van der Waals surface area contributed by atoms with Gasteiger partial charge in [0.2, 0.25) is 5.91 Å². The van der Waals surface area contributed by atoms with Crippen molar-refractivity contribution >= 4 is 29.5 Å². The first-order valence-corrected chi connectivity index (χ1v) is 9.07. The summed E-state index contributed by atoms with van der Waals surface area (Å²) < 4.78 is 0. The van der Waals surface area contributed by atoms with Crippen LogP contribution in [0.5, 0.6) is 0 Å². The van der Waals surface area contributed by atoms with Crippen molar-refractivity contribution in [1.29, 1.82) is 0 Å². The molecule has 24 heavy (non-hydrogen) atoms. The molecule has 7 heteroatoms. The Morgan fingerprint density at radius 3 is 2.79 bits per heavy atom. The summed E-state index contributed by atoms with van der Waals surface area (Å²) in [5.41, 5.74) is 1.56. The Balaban J connectivity index is 1.79. The lowest BCUT2D eigenvalue weighted by Crippen LogP contribution is -2.53. The third kappa shape index (κ3) is 2.66. The van der Waals surface area contributed by atoms with Gasteiger partial charge in [-0.15, -0.1) is 11.8 Å². The topological polar surface area (TPSA) is 86.7 Å². The van der Waals surface area contributed by atoms with E-state index < -0.39 is 18.1 Å². The largest absolute Gasteiger partial charge is 0.480 e. The van der Waals surface area contributed by atoms with Crippen molar-refractivity contribution < 1.29 is 19.5 Å². The monoisotopic (exact) mass is 348 g/mol. The molecule has 1 aromatic rings. The van der Waals surface area contributed by atoms with E-state index in [1.165, 1.54) is 0 Å². The molecule has 1 fully saturated rings. The minimum atomic E-state index is -1.05. The number of carboxylic acid groups (broad SMARTS) is 1. The van der Waals surface area contributed by atoms with Crippen LogP contribution in [0, 0.1) is 5.92 Å². The number of nitrogens with one attached hydrogen (secondary N) is 1. The Labute approximate surface area is 144 Å². The van der Waals surface area contributed by atoms with Crippen molar-refractivity contribution in [3.8, 4) is 0 Å². The molecule has 0 radical (unpaired) electrons. The van der Waals surface area contributed by atoms with Crippen LogP contribution < -0.4 is 5.32 Å². The molecule has 6 nitrogen and oxygen atoms in total. The van der Waals surface area contributed by atoms with E-state index in [0.717, 1.165) is 5.56 Å². The lowest BCUT2D eigenvalue weighted by atomic mass is 9.99. The molecule has 0 aliphatic carbocycles. The predicted octanol–water partition coefficient (Wildman–Crippen LogP) is 1.87. The summed E-state index contributed by atoms with van der Waals surface area (Å²) in [5.74, 6) is -1.29. The molecule has 128 valence electrons. The fraction of sp³-hybridized carbons (Fsp3) is 0.471. The van der Waals surface area contributed by atoms with Gasteiger partial charge in [0.25, 0.3) is 5.91 Å². The third-order valence-electron chi connectivity index (χ3n) is 4.77. The Hall–Kier alpha value is -2.02. The van der Waals surface area contributed by atoms with Crippen molar-refractivity contribution in [3.63, 3.8) is 0 Å². The maximum Gasteiger partial charge on any atom is 0.326 e. The van der Waals surface area contributed by atoms with E-state index in [-0.39, 0.29) is 23.1 Å². The Bertz CT molecular complexity index is 693. The van der Waals surface area contributed by atoms with Crippen LogP contribution in [0.4, 0.5) is 0 Å². The lowest BCUT2D eigenvalue weighted by Gasteiger charge is -2.26. The maximum atomic E-state index is 12.6. The Kier molecular flexibility index (Phi) is 4.54. The van der Waals surface area contributed by atoms with Gasteiger partial charge in [0.05, 0.1) is 0 Å². The van der Waals surface area contributed by atoms with Crippen molar-refractivity contribution in [3.05, 3.63) is 35.4 Å². The predicted molar refractivity (Wildman–Crippen MR) is 90.6 cm³/mol. The Morgan fingerprint density at radius 2 is 2.12 bits per heavy atom. The number of aliphatic carboxylic acids is 1. The fourth-order valence-corrected chi connectivity index (χ4v) is 4.64. The number of thioether (sulfide) groups is 1. The highest BCUT2D eigenvalue weighted by Gasteiger charge is 2.48. The van der Waals surface area contributed by atoms with Gasteiger partial charge >= 0.3 is 5.97 Å². The van der Waals surface area contributed by atoms with Gasteiger partial charge in [0.1, 0.15) is 17.5 Å². The molecule has 1 saturated heterocycles. The normalized spacial score (nSPS) is 24.2. The molecule has 2 N–H and O–H groups in total. The second-order valence-electron chi connectivity index (χ2n) is 6.21. The highest BCUT2D eigenvalue weighted by molar-refractivity contribution is 7.99. The van der Waals surface area contributed by atoms with Gasteiger partial charge in [-0.3, -0.25) is 9.59 Å². The molecule has 0 aromatic heterocycles. The summed E-state index contributed by atoms with van der Waals surface area (Å²) >= 11 is 1.54. The molecule has 4 atom stereocenters. The smallest absolute Gasteiger partial charge is 0.326 e. The molecule has 2 amide bonds. The van der Waals surface area contributed by atoms with Crippen molar-refractivity contribution in [2.45, 2.75) is 37.7 Å². The van der Waals surface area contributed by atoms with E-state index in [2.05, 4.69) is 5.32 Å². The van der Waals surface area contributed by atoms with Crippen LogP contribution in [0.1, 0.15) is 41.6 Å². The van der Waals surface area contributed by atoms with Crippen LogP contribution in [-0.4, -0.2) is 45.6 Å². The summed E-state index contributed by atoms with van der Waals surface area (Å²) in [6, 6.07) is 5.79. The number of hydrogen-bond donors (Lipinski definition) is 2. The molecule has 0 unspecified atom stereocenters. The van der Waals surface area contributed by atoms with E-state index in [4.69, 9.17) is 0 Å². The second kappa shape index (κ2) is 6.47. The maximum absolute atomic E-state index is 12.6. The van der Waals surface area contributed by atoms with Crippen LogP contribution in [0.15, 0.2) is 24.3 Å². The zero-order valence-corrected chi connectivity index (χ0v) is 14.4. The number of carboxylic acids is 1. The van der Waals surface area contributed by atoms with Gasteiger partial charge in [-0.1, -0.05) is 38.5 Å². The van der Waals surface area contributed by atoms with E-state index in [1.807, 2.05) is 25.1 Å². The summed E-state index contributed by atoms with van der Waals surface area (Å²) in [6.07, 6.45) is 0.646. The average Bonchev–Trinajstić information content (AvgIpc) is 3.12. The molecule has 3 rings (SSSR count). The molecule has 0 saturated carbocycles. The number of amides is 2. The minimum absolute atomic E-state index is 0.156. The number of fused-ring (bicyclic) bond motifs is 3. The summed E-state index contributed by atoms with van der Waals surface area (Å²) in [7, 11) is 0. The minimum Gasteiger partial charge on any atom is -0.480 e. The number of carbonyl (C=O) groups is 3. The van der Waals surface area contributed by atoms with Crippen molar-refractivity contribution in [1.82, 2.24) is 10.2 Å². The van der Waals surface area contributed by atoms with Gasteiger partial charge in [0.15, 0.2) is 0 Å². The standard InChI is InChI=1S/C17H20N2O4S/c1-3-9(2)13(17(22)23)18-14(20)12-8-24-16-11-7-5-4-6-10(11)15(21)19(12)16/h4-7,9,12-13,16H,3,8H2,1-2H3,(H,18,20)(H,22,23)/t9-,12-,13+,16+/m1/s1. The summed E-state index contributed by atoms with van der Waals surface area (Å²) in [4.78, 5) is 38.3. The van der Waals surface area contributed by atoms with Gasteiger partial charge < -0.3 is 15.3 Å². The first-order valence-electron chi connectivity index (χ1n) is 8.02. The molecular formula is C17H20N2O4S. The number of rotatable bonds is 5. The SMILES string of the molecule is CC[C@@H](C)[C@H](NC(=O)[C@H]1CS[C@H]2c3ccccc3C(=O)N12)C(=O)O. The third-order valence-corrected chi connectivity index (χ3v) is 6.08. The zero-order chi connectivity index (χ0) is 17.4. The number of carbonyl (C=O) groups excluding carboxylic acids is 2.